The minimum atomic E-state index is -0.357. The molecule has 0 saturated heterocycles. The first-order valence-corrected chi connectivity index (χ1v) is 5.17. The van der Waals surface area contributed by atoms with Crippen LogP contribution < -0.4 is 5.73 Å². The Morgan fingerprint density at radius 3 is 3.00 bits per heavy atom. The van der Waals surface area contributed by atoms with E-state index in [0.29, 0.717) is 17.0 Å². The van der Waals surface area contributed by atoms with Crippen LogP contribution in [0, 0.1) is 5.82 Å². The van der Waals surface area contributed by atoms with E-state index < -0.39 is 0 Å². The maximum atomic E-state index is 12.9. The second-order valence-corrected chi connectivity index (χ2v) is 3.53. The van der Waals surface area contributed by atoms with Crippen molar-refractivity contribution in [3.63, 3.8) is 0 Å². The highest BCUT2D eigenvalue weighted by atomic mass is 35.5. The zero-order valence-electron chi connectivity index (χ0n) is 8.32. The van der Waals surface area contributed by atoms with E-state index in [-0.39, 0.29) is 11.7 Å². The molecule has 0 unspecified atom stereocenters. The van der Waals surface area contributed by atoms with Gasteiger partial charge in [-0.1, -0.05) is 6.07 Å². The van der Waals surface area contributed by atoms with E-state index in [1.54, 1.807) is 18.2 Å². The second kappa shape index (κ2) is 4.45. The number of amidine groups is 1. The zero-order chi connectivity index (χ0) is 11.5. The third-order valence-electron chi connectivity index (χ3n) is 2.04. The average Bonchev–Trinajstić information content (AvgIpc) is 2.29. The van der Waals surface area contributed by atoms with Gasteiger partial charge in [0.15, 0.2) is 0 Å². The molecule has 1 heterocycles. The fourth-order valence-corrected chi connectivity index (χ4v) is 1.41. The van der Waals surface area contributed by atoms with Crippen LogP contribution in [0.4, 0.5) is 10.1 Å². The SMILES string of the molecule is NC(CCl)=Nc1ccc2cc(F)cnc2c1. The lowest BCUT2D eigenvalue weighted by Gasteiger charge is -2.00. The van der Waals surface area contributed by atoms with Crippen LogP contribution >= 0.6 is 11.6 Å². The van der Waals surface area contributed by atoms with Crippen molar-refractivity contribution in [3.8, 4) is 0 Å². The molecule has 0 radical (unpaired) electrons. The van der Waals surface area contributed by atoms with Gasteiger partial charge in [0.25, 0.3) is 0 Å². The summed E-state index contributed by atoms with van der Waals surface area (Å²) in [6, 6.07) is 6.63. The number of pyridine rings is 1. The molecule has 2 N–H and O–H groups in total. The Bertz CT molecular complexity index is 554. The molecule has 1 aromatic carbocycles. The highest BCUT2D eigenvalue weighted by Crippen LogP contribution is 2.20. The van der Waals surface area contributed by atoms with E-state index in [1.165, 1.54) is 12.3 Å². The number of nitrogens with two attached hydrogens (primary N) is 1. The van der Waals surface area contributed by atoms with Gasteiger partial charge in [-0.3, -0.25) is 4.98 Å². The lowest BCUT2D eigenvalue weighted by molar-refractivity contribution is 0.624. The molecule has 0 aliphatic heterocycles. The fraction of sp³-hybridized carbons (Fsp3) is 0.0909. The van der Waals surface area contributed by atoms with Crippen molar-refractivity contribution in [2.45, 2.75) is 0 Å². The van der Waals surface area contributed by atoms with Crippen LogP contribution in [0.2, 0.25) is 0 Å². The molecule has 0 aliphatic carbocycles. The van der Waals surface area contributed by atoms with Gasteiger partial charge >= 0.3 is 0 Å². The van der Waals surface area contributed by atoms with Gasteiger partial charge in [-0.15, -0.1) is 11.6 Å². The lowest BCUT2D eigenvalue weighted by atomic mass is 10.2. The number of hydrogen-bond donors (Lipinski definition) is 1. The van der Waals surface area contributed by atoms with Crippen molar-refractivity contribution in [1.29, 1.82) is 0 Å². The van der Waals surface area contributed by atoms with E-state index >= 15 is 0 Å². The molecule has 0 aliphatic rings. The van der Waals surface area contributed by atoms with Crippen molar-refractivity contribution < 1.29 is 4.39 Å². The van der Waals surface area contributed by atoms with Crippen molar-refractivity contribution in [1.82, 2.24) is 4.98 Å². The first-order valence-electron chi connectivity index (χ1n) is 4.63. The Kier molecular flexibility index (Phi) is 3.01. The molecular weight excluding hydrogens is 229 g/mol. The smallest absolute Gasteiger partial charge is 0.142 e. The van der Waals surface area contributed by atoms with Gasteiger partial charge in [0.05, 0.1) is 23.3 Å². The third-order valence-corrected chi connectivity index (χ3v) is 2.32. The summed E-state index contributed by atoms with van der Waals surface area (Å²) in [5, 5.41) is 0.725. The largest absolute Gasteiger partial charge is 0.386 e. The lowest BCUT2D eigenvalue weighted by Crippen LogP contribution is -2.12. The topological polar surface area (TPSA) is 51.3 Å². The maximum Gasteiger partial charge on any atom is 0.142 e. The maximum absolute atomic E-state index is 12.9. The van der Waals surface area contributed by atoms with Crippen molar-refractivity contribution in [2.75, 3.05) is 5.88 Å². The summed E-state index contributed by atoms with van der Waals surface area (Å²) in [5.74, 6) is 0.154. The molecule has 1 aromatic heterocycles. The van der Waals surface area contributed by atoms with E-state index in [2.05, 4.69) is 9.98 Å². The molecule has 2 aromatic rings. The third kappa shape index (κ3) is 2.28. The zero-order valence-corrected chi connectivity index (χ0v) is 9.08. The summed E-state index contributed by atoms with van der Waals surface area (Å²) in [6.45, 7) is 0. The molecule has 0 atom stereocenters. The van der Waals surface area contributed by atoms with Gasteiger partial charge in [-0.2, -0.15) is 0 Å². The highest BCUT2D eigenvalue weighted by molar-refractivity contribution is 6.28. The molecule has 5 heteroatoms. The molecule has 0 amide bonds. The quantitative estimate of drug-likeness (QED) is 0.496. The van der Waals surface area contributed by atoms with Gasteiger partial charge in [-0.25, -0.2) is 9.38 Å². The van der Waals surface area contributed by atoms with Gasteiger partial charge in [0, 0.05) is 5.39 Å². The van der Waals surface area contributed by atoms with E-state index in [4.69, 9.17) is 17.3 Å². The Balaban J connectivity index is 2.48. The Morgan fingerprint density at radius 2 is 2.25 bits per heavy atom. The molecule has 0 spiro atoms. The van der Waals surface area contributed by atoms with Gasteiger partial charge < -0.3 is 5.73 Å². The number of nitrogens with zero attached hydrogens (tertiary/aromatic N) is 2. The van der Waals surface area contributed by atoms with Crippen LogP contribution in [0.25, 0.3) is 10.9 Å². The summed E-state index contributed by atoms with van der Waals surface area (Å²) >= 11 is 5.52. The van der Waals surface area contributed by atoms with Crippen LogP contribution in [0.5, 0.6) is 0 Å². The number of fused-ring (bicyclic) bond motifs is 1. The number of benzene rings is 1. The van der Waals surface area contributed by atoms with Crippen LogP contribution in [0.1, 0.15) is 0 Å². The number of aliphatic imine (C=N–C) groups is 1. The summed E-state index contributed by atoms with van der Waals surface area (Å²) < 4.78 is 12.9. The Morgan fingerprint density at radius 1 is 1.44 bits per heavy atom. The standard InChI is InChI=1S/C11H9ClFN3/c12-5-11(14)16-9-2-1-7-3-8(13)6-15-10(7)4-9/h1-4,6H,5H2,(H2,14,16). The van der Waals surface area contributed by atoms with Crippen LogP contribution in [-0.4, -0.2) is 16.7 Å². The Hall–Kier alpha value is -1.68. The van der Waals surface area contributed by atoms with Crippen molar-refractivity contribution in [3.05, 3.63) is 36.3 Å². The predicted octanol–water partition coefficient (Wildman–Crippen LogP) is 2.60. The van der Waals surface area contributed by atoms with Crippen LogP contribution in [0.3, 0.4) is 0 Å². The molecule has 16 heavy (non-hydrogen) atoms. The summed E-state index contributed by atoms with van der Waals surface area (Å²) in [5.41, 5.74) is 6.84. The number of alkyl halides is 1. The molecule has 82 valence electrons. The molecule has 0 saturated carbocycles. The second-order valence-electron chi connectivity index (χ2n) is 3.27. The van der Waals surface area contributed by atoms with E-state index in [9.17, 15) is 4.39 Å². The summed E-state index contributed by atoms with van der Waals surface area (Å²) in [4.78, 5) is 8.04. The minimum absolute atomic E-state index is 0.175. The van der Waals surface area contributed by atoms with E-state index in [1.807, 2.05) is 0 Å². The Labute approximate surface area is 96.8 Å². The number of aromatic nitrogens is 1. The predicted molar refractivity (Wildman–Crippen MR) is 63.7 cm³/mol. The first kappa shape index (κ1) is 10.8. The minimum Gasteiger partial charge on any atom is -0.386 e. The molecule has 3 nitrogen and oxygen atoms in total. The van der Waals surface area contributed by atoms with Crippen LogP contribution in [-0.2, 0) is 0 Å². The molecule has 0 bridgehead atoms. The number of rotatable bonds is 2. The van der Waals surface area contributed by atoms with Gasteiger partial charge in [-0.05, 0) is 18.2 Å². The van der Waals surface area contributed by atoms with Crippen molar-refractivity contribution in [2.24, 2.45) is 10.7 Å². The van der Waals surface area contributed by atoms with Gasteiger partial charge in [0.2, 0.25) is 0 Å². The average molecular weight is 238 g/mol. The highest BCUT2D eigenvalue weighted by Gasteiger charge is 1.99. The number of hydrogen-bond acceptors (Lipinski definition) is 2. The van der Waals surface area contributed by atoms with Gasteiger partial charge in [0.1, 0.15) is 11.7 Å². The first-order chi connectivity index (χ1) is 7.69. The van der Waals surface area contributed by atoms with E-state index in [0.717, 1.165) is 5.39 Å². The summed E-state index contributed by atoms with van der Waals surface area (Å²) in [7, 11) is 0. The molecule has 0 fully saturated rings. The monoisotopic (exact) mass is 237 g/mol. The number of halogens is 2. The normalized spacial score (nSPS) is 12.0. The summed E-state index contributed by atoms with van der Waals surface area (Å²) in [6.07, 6.45) is 1.17. The molecular formula is C11H9ClFN3. The van der Waals surface area contributed by atoms with Crippen molar-refractivity contribution >= 4 is 34.0 Å². The fourth-order valence-electron chi connectivity index (χ4n) is 1.35. The molecule has 2 rings (SSSR count). The van der Waals surface area contributed by atoms with Crippen LogP contribution in [0.15, 0.2) is 35.5 Å².